The number of carbonyl (C=O) groups excluding carboxylic acids is 1. The van der Waals surface area contributed by atoms with Gasteiger partial charge in [0.05, 0.1) is 7.11 Å². The van der Waals surface area contributed by atoms with Gasteiger partial charge in [-0.15, -0.1) is 0 Å². The number of hydrogen-bond donors (Lipinski definition) is 1. The lowest BCUT2D eigenvalue weighted by molar-refractivity contribution is 0.0729. The first-order chi connectivity index (χ1) is 2.81. The van der Waals surface area contributed by atoms with E-state index in [0.29, 0.717) is 0 Å². The van der Waals surface area contributed by atoms with E-state index in [4.69, 9.17) is 0 Å². The molecule has 2 N–H and O–H groups in total. The lowest BCUT2D eigenvalue weighted by Gasteiger charge is -1.88. The fraction of sp³-hybridized carbons (Fsp3) is 0.500. The van der Waals surface area contributed by atoms with E-state index in [-0.39, 0.29) is 0 Å². The molecule has 0 radical (unpaired) electrons. The normalized spacial score (nSPS) is 7.00. The van der Waals surface area contributed by atoms with E-state index in [9.17, 15) is 4.79 Å². The number of ether oxygens (including phenoxy) is 1. The molecule has 0 fully saturated rings. The summed E-state index contributed by atoms with van der Waals surface area (Å²) in [6, 6.07) is 0. The zero-order valence-electron chi connectivity index (χ0n) is 3.30. The Morgan fingerprint density at radius 3 is 2.33 bits per heavy atom. The first-order valence-electron chi connectivity index (χ1n) is 1.26. The predicted octanol–water partition coefficient (Wildman–Crippen LogP) is -0.357. The maximum Gasteiger partial charge on any atom is 0.527 e. The minimum absolute atomic E-state index is 0.880. The van der Waals surface area contributed by atoms with Gasteiger partial charge in [0.15, 0.2) is 0 Å². The Morgan fingerprint density at radius 1 is 1.83 bits per heavy atom. The molecule has 0 atom stereocenters. The van der Waals surface area contributed by atoms with Gasteiger partial charge >= 0.3 is 6.16 Å². The highest BCUT2D eigenvalue weighted by molar-refractivity contribution is 5.58. The molecule has 6 heavy (non-hydrogen) atoms. The van der Waals surface area contributed by atoms with Gasteiger partial charge in [0.2, 0.25) is 0 Å². The van der Waals surface area contributed by atoms with Crippen LogP contribution in [0.4, 0.5) is 4.79 Å². The minimum Gasteiger partial charge on any atom is -0.436 e. The van der Waals surface area contributed by atoms with Crippen LogP contribution in [0, 0.1) is 0 Å². The minimum atomic E-state index is -0.880. The predicted molar refractivity (Wildman–Crippen MR) is 17.7 cm³/mol. The molecule has 0 bridgehead atoms. The summed E-state index contributed by atoms with van der Waals surface area (Å²) < 4.78 is 3.91. The van der Waals surface area contributed by atoms with Gasteiger partial charge in [-0.05, 0) is 0 Å². The summed E-state index contributed by atoms with van der Waals surface area (Å²) >= 11 is 0. The van der Waals surface area contributed by atoms with Gasteiger partial charge in [-0.25, -0.2) is 4.79 Å². The van der Waals surface area contributed by atoms with Crippen molar-refractivity contribution >= 4 is 6.16 Å². The standard InChI is InChI=1S/C2H5NO3/c1-5-2(4)6-3/h3H2,1H3. The molecule has 0 unspecified atom stereocenters. The van der Waals surface area contributed by atoms with Crippen LogP contribution in [0.3, 0.4) is 0 Å². The molecule has 0 amide bonds. The topological polar surface area (TPSA) is 61.5 Å². The van der Waals surface area contributed by atoms with Crippen molar-refractivity contribution in [2.45, 2.75) is 0 Å². The van der Waals surface area contributed by atoms with Gasteiger partial charge in [0.1, 0.15) is 0 Å². The third-order valence-electron chi connectivity index (χ3n) is 0.263. The van der Waals surface area contributed by atoms with Gasteiger partial charge in [0, 0.05) is 0 Å². The zero-order valence-corrected chi connectivity index (χ0v) is 3.30. The molecule has 0 spiro atoms. The average molecular weight is 91.1 g/mol. The van der Waals surface area contributed by atoms with Crippen molar-refractivity contribution in [3.05, 3.63) is 0 Å². The van der Waals surface area contributed by atoms with Crippen LogP contribution in [0.5, 0.6) is 0 Å². The molecule has 4 heteroatoms. The fourth-order valence-electron chi connectivity index (χ4n) is 0.0481. The van der Waals surface area contributed by atoms with Crippen LogP contribution in [0.2, 0.25) is 0 Å². The first-order valence-corrected chi connectivity index (χ1v) is 1.26. The highest BCUT2D eigenvalue weighted by Crippen LogP contribution is 1.68. The molecule has 0 saturated carbocycles. The van der Waals surface area contributed by atoms with Crippen LogP contribution in [-0.2, 0) is 9.57 Å². The molecule has 0 aromatic carbocycles. The maximum atomic E-state index is 9.61. The number of carbonyl (C=O) groups is 1. The Hall–Kier alpha value is -0.770. The summed E-state index contributed by atoms with van der Waals surface area (Å²) in [5.74, 6) is 4.31. The SMILES string of the molecule is COC(=O)ON. The maximum absolute atomic E-state index is 9.61. The Labute approximate surface area is 34.8 Å². The molecule has 4 nitrogen and oxygen atoms in total. The van der Waals surface area contributed by atoms with Gasteiger partial charge in [-0.1, -0.05) is 0 Å². The smallest absolute Gasteiger partial charge is 0.436 e. The van der Waals surface area contributed by atoms with Gasteiger partial charge in [0.25, 0.3) is 0 Å². The molecule has 36 valence electrons. The van der Waals surface area contributed by atoms with Crippen molar-refractivity contribution in [1.29, 1.82) is 0 Å². The summed E-state index contributed by atoms with van der Waals surface area (Å²) in [4.78, 5) is 13.1. The van der Waals surface area contributed by atoms with E-state index in [1.807, 2.05) is 0 Å². The van der Waals surface area contributed by atoms with Gasteiger partial charge < -0.3 is 9.57 Å². The quantitative estimate of drug-likeness (QED) is 0.326. The van der Waals surface area contributed by atoms with E-state index >= 15 is 0 Å². The molecule has 0 heterocycles. The van der Waals surface area contributed by atoms with Crippen molar-refractivity contribution in [2.24, 2.45) is 5.90 Å². The van der Waals surface area contributed by atoms with E-state index < -0.39 is 6.16 Å². The second-order valence-electron chi connectivity index (χ2n) is 0.572. The highest BCUT2D eigenvalue weighted by Gasteiger charge is 1.90. The second kappa shape index (κ2) is 2.47. The van der Waals surface area contributed by atoms with E-state index in [1.165, 1.54) is 7.11 Å². The summed E-state index contributed by atoms with van der Waals surface area (Å²) in [5.41, 5.74) is 0. The zero-order chi connectivity index (χ0) is 4.99. The summed E-state index contributed by atoms with van der Waals surface area (Å²) in [6.45, 7) is 0. The number of methoxy groups -OCH3 is 1. The highest BCUT2D eigenvalue weighted by atomic mass is 16.8. The Bertz CT molecular complexity index is 46.8. The van der Waals surface area contributed by atoms with Crippen molar-refractivity contribution in [1.82, 2.24) is 0 Å². The van der Waals surface area contributed by atoms with Crippen LogP contribution in [0.1, 0.15) is 0 Å². The van der Waals surface area contributed by atoms with Gasteiger partial charge in [-0.2, -0.15) is 5.90 Å². The first kappa shape index (κ1) is 5.23. The Balaban J connectivity index is 2.99. The molecule has 0 aliphatic carbocycles. The van der Waals surface area contributed by atoms with Crippen LogP contribution in [-0.4, -0.2) is 13.3 Å². The number of nitrogens with two attached hydrogens (primary N) is 1. The van der Waals surface area contributed by atoms with E-state index in [1.54, 1.807) is 0 Å². The summed E-state index contributed by atoms with van der Waals surface area (Å²) in [5, 5.41) is 0. The average Bonchev–Trinajstić information content (AvgIpc) is 1.65. The number of rotatable bonds is 0. The van der Waals surface area contributed by atoms with Gasteiger partial charge in [-0.3, -0.25) is 0 Å². The molecular weight excluding hydrogens is 86.0 g/mol. The molecule has 0 aromatic rings. The fourth-order valence-corrected chi connectivity index (χ4v) is 0.0481. The molecule has 0 aliphatic heterocycles. The Morgan fingerprint density at radius 2 is 2.33 bits per heavy atom. The molecule has 0 aliphatic rings. The van der Waals surface area contributed by atoms with E-state index in [0.717, 1.165) is 0 Å². The van der Waals surface area contributed by atoms with E-state index in [2.05, 4.69) is 15.5 Å². The van der Waals surface area contributed by atoms with Crippen molar-refractivity contribution in [3.8, 4) is 0 Å². The second-order valence-corrected chi connectivity index (χ2v) is 0.572. The third kappa shape index (κ3) is 1.54. The molecule has 0 aromatic heterocycles. The lowest BCUT2D eigenvalue weighted by Crippen LogP contribution is -2.08. The largest absolute Gasteiger partial charge is 0.527 e. The van der Waals surface area contributed by atoms with Crippen molar-refractivity contribution in [2.75, 3.05) is 7.11 Å². The Kier molecular flexibility index (Phi) is 2.15. The van der Waals surface area contributed by atoms with Crippen LogP contribution >= 0.6 is 0 Å². The van der Waals surface area contributed by atoms with Crippen LogP contribution in [0.25, 0.3) is 0 Å². The van der Waals surface area contributed by atoms with Crippen LogP contribution < -0.4 is 5.90 Å². The summed E-state index contributed by atoms with van der Waals surface area (Å²) in [6.07, 6.45) is -0.880. The van der Waals surface area contributed by atoms with Crippen LogP contribution in [0.15, 0.2) is 0 Å². The molecule has 0 rings (SSSR count). The monoisotopic (exact) mass is 91.0 g/mol. The summed E-state index contributed by atoms with van der Waals surface area (Å²) in [7, 11) is 1.18. The van der Waals surface area contributed by atoms with Crippen molar-refractivity contribution < 1.29 is 14.4 Å². The number of hydrogen-bond acceptors (Lipinski definition) is 4. The third-order valence-corrected chi connectivity index (χ3v) is 0.263. The lowest BCUT2D eigenvalue weighted by atomic mass is 11.4. The van der Waals surface area contributed by atoms with Crippen molar-refractivity contribution in [3.63, 3.8) is 0 Å². The molecule has 0 saturated heterocycles. The molecular formula is C2H5NO3.